The lowest BCUT2D eigenvalue weighted by Crippen LogP contribution is -2.73. The van der Waals surface area contributed by atoms with Crippen molar-refractivity contribution in [2.24, 2.45) is 11.8 Å². The van der Waals surface area contributed by atoms with Gasteiger partial charge in [-0.15, -0.1) is 0 Å². The molecule has 34 heavy (non-hydrogen) atoms. The standard InChI is InChI=1S/C23H33F4N3O4/c1-28-11-4-16(31)18(14(28)8-32-7-11)20-12-6-23(26,27)19(15(9-33-20)29(12)2)21-13-5-22(24,25)17(10-34-21)30(13)3/h11-15,17-21H,4-10H2,1-3H3. The molecular weight excluding hydrogens is 458 g/mol. The number of morpholine rings is 3. The molecule has 6 saturated heterocycles. The Morgan fingerprint density at radius 1 is 0.765 bits per heavy atom. The van der Waals surface area contributed by atoms with Crippen molar-refractivity contribution in [3.8, 4) is 0 Å². The Balaban J connectivity index is 1.27. The lowest BCUT2D eigenvalue weighted by molar-refractivity contribution is -0.263. The SMILES string of the molecule is CN1C2COCC1C(C1OCC3C(C4OCC5N(C)C4CC5(F)F)C(F)(F)CC1N3C)C(=O)C2. The molecule has 0 aromatic carbocycles. The van der Waals surface area contributed by atoms with Gasteiger partial charge in [-0.3, -0.25) is 19.5 Å². The van der Waals surface area contributed by atoms with Crippen molar-refractivity contribution < 1.29 is 36.6 Å². The summed E-state index contributed by atoms with van der Waals surface area (Å²) in [5.74, 6) is -7.82. The first kappa shape index (κ1) is 23.5. The number of piperidine rings is 2. The fourth-order valence-electron chi connectivity index (χ4n) is 7.74. The molecule has 0 aromatic rings. The zero-order chi connectivity index (χ0) is 24.2. The molecule has 0 saturated carbocycles. The van der Waals surface area contributed by atoms with Crippen molar-refractivity contribution in [2.75, 3.05) is 47.6 Å². The van der Waals surface area contributed by atoms with Gasteiger partial charge in [-0.25, -0.2) is 17.6 Å². The maximum atomic E-state index is 15.9. The summed E-state index contributed by atoms with van der Waals surface area (Å²) in [5, 5.41) is 0. The number of Topliss-reactive ketones (excluding diaryl/α,β-unsaturated/α-hetero) is 1. The normalized spacial score (nSPS) is 51.0. The third-order valence-electron chi connectivity index (χ3n) is 9.71. The lowest BCUT2D eigenvalue weighted by Gasteiger charge is -2.59. The first-order valence-corrected chi connectivity index (χ1v) is 12.3. The number of alkyl halides is 4. The number of ketones is 1. The van der Waals surface area contributed by atoms with Gasteiger partial charge in [-0.1, -0.05) is 0 Å². The van der Waals surface area contributed by atoms with Crippen molar-refractivity contribution in [1.29, 1.82) is 0 Å². The highest BCUT2D eigenvalue weighted by molar-refractivity contribution is 5.84. The Kier molecular flexibility index (Phi) is 5.42. The number of ether oxygens (including phenoxy) is 3. The van der Waals surface area contributed by atoms with E-state index in [0.717, 1.165) is 0 Å². The molecule has 6 fully saturated rings. The average molecular weight is 492 g/mol. The predicted octanol–water partition coefficient (Wildman–Crippen LogP) is 1.10. The monoisotopic (exact) mass is 491 g/mol. The van der Waals surface area contributed by atoms with Gasteiger partial charge in [-0.05, 0) is 21.1 Å². The second-order valence-corrected chi connectivity index (χ2v) is 11.2. The smallest absolute Gasteiger partial charge is 0.267 e. The Bertz CT molecular complexity index is 849. The molecule has 6 heterocycles. The van der Waals surface area contributed by atoms with E-state index >= 15 is 8.78 Å². The van der Waals surface area contributed by atoms with Crippen LogP contribution in [0.3, 0.4) is 0 Å². The van der Waals surface area contributed by atoms with Gasteiger partial charge in [0.25, 0.3) is 11.8 Å². The van der Waals surface area contributed by atoms with Crippen LogP contribution < -0.4 is 0 Å². The van der Waals surface area contributed by atoms with Gasteiger partial charge in [-0.2, -0.15) is 0 Å². The highest BCUT2D eigenvalue weighted by Crippen LogP contribution is 2.52. The molecule has 0 aliphatic carbocycles. The van der Waals surface area contributed by atoms with Crippen LogP contribution in [0.15, 0.2) is 0 Å². The van der Waals surface area contributed by atoms with Gasteiger partial charge >= 0.3 is 0 Å². The van der Waals surface area contributed by atoms with Crippen LogP contribution in [-0.4, -0.2) is 128 Å². The summed E-state index contributed by atoms with van der Waals surface area (Å²) in [4.78, 5) is 18.7. The number of carbonyl (C=O) groups excluding carboxylic acids is 1. The van der Waals surface area contributed by atoms with Gasteiger partial charge in [0.1, 0.15) is 5.78 Å². The third-order valence-corrected chi connectivity index (χ3v) is 9.71. The van der Waals surface area contributed by atoms with Crippen molar-refractivity contribution in [3.05, 3.63) is 0 Å². The first-order valence-electron chi connectivity index (χ1n) is 12.3. The number of hydrogen-bond donors (Lipinski definition) is 0. The van der Waals surface area contributed by atoms with Crippen LogP contribution in [0.2, 0.25) is 0 Å². The van der Waals surface area contributed by atoms with Gasteiger partial charge < -0.3 is 14.2 Å². The summed E-state index contributed by atoms with van der Waals surface area (Å²) in [5.41, 5.74) is 0. The summed E-state index contributed by atoms with van der Waals surface area (Å²) in [7, 11) is 5.33. The van der Waals surface area contributed by atoms with Gasteiger partial charge in [0, 0.05) is 49.5 Å². The molecule has 6 aliphatic heterocycles. The number of carbonyl (C=O) groups is 1. The zero-order valence-electron chi connectivity index (χ0n) is 19.7. The van der Waals surface area contributed by atoms with Crippen LogP contribution in [-0.2, 0) is 19.0 Å². The number of rotatable bonds is 2. The quantitative estimate of drug-likeness (QED) is 0.537. The fourth-order valence-corrected chi connectivity index (χ4v) is 7.74. The number of hydrogen-bond acceptors (Lipinski definition) is 7. The Labute approximate surface area is 196 Å². The molecule has 6 bridgehead atoms. The number of fused-ring (bicyclic) bond motifs is 6. The van der Waals surface area contributed by atoms with E-state index in [1.165, 1.54) is 4.90 Å². The van der Waals surface area contributed by atoms with Gasteiger partial charge in [0.05, 0.1) is 56.5 Å². The molecular formula is C23H33F4N3O4. The number of halogens is 4. The van der Waals surface area contributed by atoms with Crippen LogP contribution in [0.1, 0.15) is 19.3 Å². The molecule has 0 amide bonds. The maximum absolute atomic E-state index is 15.9. The second kappa shape index (κ2) is 7.82. The minimum absolute atomic E-state index is 0.0124. The summed E-state index contributed by atoms with van der Waals surface area (Å²) in [6, 6.07) is -3.35. The number of likely N-dealkylation sites (N-methyl/N-ethyl adjacent to an activating group) is 3. The molecule has 11 heteroatoms. The van der Waals surface area contributed by atoms with E-state index < -0.39 is 72.9 Å². The molecule has 10 unspecified atom stereocenters. The van der Waals surface area contributed by atoms with E-state index in [9.17, 15) is 13.6 Å². The minimum Gasteiger partial charge on any atom is -0.378 e. The minimum atomic E-state index is -3.13. The number of nitrogens with zero attached hydrogens (tertiary/aromatic N) is 3. The molecule has 6 rings (SSSR count). The van der Waals surface area contributed by atoms with Crippen molar-refractivity contribution in [2.45, 2.75) is 79.6 Å². The van der Waals surface area contributed by atoms with E-state index in [0.29, 0.717) is 19.6 Å². The van der Waals surface area contributed by atoms with Gasteiger partial charge in [0.2, 0.25) is 0 Å². The van der Waals surface area contributed by atoms with Crippen molar-refractivity contribution in [3.63, 3.8) is 0 Å². The van der Waals surface area contributed by atoms with Gasteiger partial charge in [0.15, 0.2) is 0 Å². The molecule has 0 radical (unpaired) electrons. The van der Waals surface area contributed by atoms with E-state index in [1.807, 2.05) is 11.9 Å². The van der Waals surface area contributed by atoms with E-state index in [1.54, 1.807) is 14.1 Å². The van der Waals surface area contributed by atoms with Crippen molar-refractivity contribution >= 4 is 5.78 Å². The Morgan fingerprint density at radius 3 is 2.21 bits per heavy atom. The molecule has 0 aromatic heterocycles. The van der Waals surface area contributed by atoms with Crippen LogP contribution in [0.5, 0.6) is 0 Å². The fraction of sp³-hybridized carbons (Fsp3) is 0.957. The molecule has 7 nitrogen and oxygen atoms in total. The summed E-state index contributed by atoms with van der Waals surface area (Å²) >= 11 is 0. The van der Waals surface area contributed by atoms with Crippen molar-refractivity contribution in [1.82, 2.24) is 14.7 Å². The summed E-state index contributed by atoms with van der Waals surface area (Å²) < 4.78 is 78.3. The second-order valence-electron chi connectivity index (χ2n) is 11.2. The lowest BCUT2D eigenvalue weighted by atomic mass is 9.70. The van der Waals surface area contributed by atoms with Crippen LogP contribution in [0.25, 0.3) is 0 Å². The molecule has 0 spiro atoms. The topological polar surface area (TPSA) is 54.5 Å². The van der Waals surface area contributed by atoms with E-state index in [4.69, 9.17) is 14.2 Å². The molecule has 0 N–H and O–H groups in total. The zero-order valence-corrected chi connectivity index (χ0v) is 19.7. The van der Waals surface area contributed by atoms with E-state index in [2.05, 4.69) is 4.90 Å². The third kappa shape index (κ3) is 3.26. The van der Waals surface area contributed by atoms with E-state index in [-0.39, 0.29) is 31.1 Å². The highest BCUT2D eigenvalue weighted by atomic mass is 19.3. The summed E-state index contributed by atoms with van der Waals surface area (Å²) in [6.07, 6.45) is -2.30. The van der Waals surface area contributed by atoms with Crippen LogP contribution >= 0.6 is 0 Å². The Morgan fingerprint density at radius 2 is 1.44 bits per heavy atom. The Hall–Kier alpha value is -0.850. The van der Waals surface area contributed by atoms with Crippen LogP contribution in [0.4, 0.5) is 17.6 Å². The molecule has 192 valence electrons. The predicted molar refractivity (Wildman–Crippen MR) is 112 cm³/mol. The highest BCUT2D eigenvalue weighted by Gasteiger charge is 2.67. The summed E-state index contributed by atoms with van der Waals surface area (Å²) in [6.45, 7) is 0.630. The first-order chi connectivity index (χ1) is 16.0. The molecule has 10 atom stereocenters. The molecule has 6 aliphatic rings. The van der Waals surface area contributed by atoms with Crippen LogP contribution in [0, 0.1) is 11.8 Å². The largest absolute Gasteiger partial charge is 0.378 e. The maximum Gasteiger partial charge on any atom is 0.267 e. The average Bonchev–Trinajstić information content (AvgIpc) is 2.87.